The number of carboxylic acid groups (broad SMARTS) is 1. The van der Waals surface area contributed by atoms with Crippen molar-refractivity contribution in [3.63, 3.8) is 0 Å². The van der Waals surface area contributed by atoms with E-state index in [2.05, 4.69) is 17.2 Å². The van der Waals surface area contributed by atoms with Gasteiger partial charge in [-0.15, -0.1) is 0 Å². The molecule has 90 valence electrons. The number of aromatic carboxylic acids is 1. The standard InChI is InChI=1S/C12H14N2O3/c1-3-7(2)13-12-14-9-5-4-8(11(15)16)6-10(9)17-12/h4-7H,3H2,1-2H3,(H,13,14)(H,15,16). The monoisotopic (exact) mass is 234 g/mol. The van der Waals surface area contributed by atoms with E-state index in [-0.39, 0.29) is 11.6 Å². The van der Waals surface area contributed by atoms with Crippen LogP contribution in [-0.4, -0.2) is 22.1 Å². The van der Waals surface area contributed by atoms with Gasteiger partial charge in [0, 0.05) is 6.04 Å². The van der Waals surface area contributed by atoms with E-state index in [0.717, 1.165) is 6.42 Å². The van der Waals surface area contributed by atoms with Crippen molar-refractivity contribution in [1.82, 2.24) is 4.98 Å². The van der Waals surface area contributed by atoms with Crippen molar-refractivity contribution < 1.29 is 14.3 Å². The number of oxazole rings is 1. The number of nitrogens with zero attached hydrogens (tertiary/aromatic N) is 1. The Morgan fingerprint density at radius 1 is 1.59 bits per heavy atom. The second-order valence-corrected chi connectivity index (χ2v) is 3.96. The Kier molecular flexibility index (Phi) is 2.99. The van der Waals surface area contributed by atoms with Crippen LogP contribution < -0.4 is 5.32 Å². The first-order valence-corrected chi connectivity index (χ1v) is 5.50. The third-order valence-electron chi connectivity index (χ3n) is 2.62. The molecule has 0 saturated carbocycles. The van der Waals surface area contributed by atoms with Crippen molar-refractivity contribution in [2.75, 3.05) is 5.32 Å². The smallest absolute Gasteiger partial charge is 0.335 e. The van der Waals surface area contributed by atoms with Gasteiger partial charge < -0.3 is 14.8 Å². The average molecular weight is 234 g/mol. The van der Waals surface area contributed by atoms with Gasteiger partial charge in [-0.1, -0.05) is 6.92 Å². The quantitative estimate of drug-likeness (QED) is 0.850. The zero-order valence-electron chi connectivity index (χ0n) is 9.73. The molecule has 5 heteroatoms. The maximum atomic E-state index is 10.8. The van der Waals surface area contributed by atoms with Gasteiger partial charge >= 0.3 is 5.97 Å². The number of fused-ring (bicyclic) bond motifs is 1. The van der Waals surface area contributed by atoms with Gasteiger partial charge in [-0.05, 0) is 31.5 Å². The van der Waals surface area contributed by atoms with Crippen LogP contribution in [0.25, 0.3) is 11.1 Å². The molecule has 1 unspecified atom stereocenters. The summed E-state index contributed by atoms with van der Waals surface area (Å²) in [5.41, 5.74) is 1.33. The predicted molar refractivity (Wildman–Crippen MR) is 64.3 cm³/mol. The lowest BCUT2D eigenvalue weighted by Gasteiger charge is -2.07. The van der Waals surface area contributed by atoms with E-state index in [1.165, 1.54) is 12.1 Å². The Hall–Kier alpha value is -2.04. The Balaban J connectivity index is 2.33. The second-order valence-electron chi connectivity index (χ2n) is 3.96. The van der Waals surface area contributed by atoms with E-state index in [1.807, 2.05) is 6.92 Å². The molecule has 0 saturated heterocycles. The fourth-order valence-electron chi connectivity index (χ4n) is 1.43. The van der Waals surface area contributed by atoms with E-state index in [9.17, 15) is 4.79 Å². The minimum Gasteiger partial charge on any atom is -0.478 e. The number of rotatable bonds is 4. The molecule has 1 heterocycles. The zero-order chi connectivity index (χ0) is 12.4. The molecule has 0 radical (unpaired) electrons. The van der Waals surface area contributed by atoms with E-state index < -0.39 is 5.97 Å². The maximum absolute atomic E-state index is 10.8. The number of benzene rings is 1. The van der Waals surface area contributed by atoms with E-state index in [0.29, 0.717) is 17.1 Å². The van der Waals surface area contributed by atoms with Gasteiger partial charge in [-0.2, -0.15) is 4.98 Å². The molecule has 1 atom stereocenters. The van der Waals surface area contributed by atoms with Crippen LogP contribution in [0.3, 0.4) is 0 Å². The third-order valence-corrected chi connectivity index (χ3v) is 2.62. The van der Waals surface area contributed by atoms with Gasteiger partial charge in [0.2, 0.25) is 0 Å². The van der Waals surface area contributed by atoms with Crippen molar-refractivity contribution in [3.8, 4) is 0 Å². The number of aromatic nitrogens is 1. The number of carboxylic acids is 1. The Labute approximate surface area is 98.5 Å². The second kappa shape index (κ2) is 4.45. The van der Waals surface area contributed by atoms with Gasteiger partial charge in [0.25, 0.3) is 6.01 Å². The number of hydrogen-bond donors (Lipinski definition) is 2. The van der Waals surface area contributed by atoms with Crippen molar-refractivity contribution in [2.24, 2.45) is 0 Å². The maximum Gasteiger partial charge on any atom is 0.335 e. The lowest BCUT2D eigenvalue weighted by molar-refractivity contribution is 0.0697. The molecule has 0 aliphatic heterocycles. The van der Waals surface area contributed by atoms with Crippen LogP contribution in [0.1, 0.15) is 30.6 Å². The summed E-state index contributed by atoms with van der Waals surface area (Å²) >= 11 is 0. The highest BCUT2D eigenvalue weighted by Crippen LogP contribution is 2.21. The molecule has 1 aromatic carbocycles. The first-order valence-electron chi connectivity index (χ1n) is 5.50. The molecule has 1 aromatic heterocycles. The molecule has 5 nitrogen and oxygen atoms in total. The number of hydrogen-bond acceptors (Lipinski definition) is 4. The van der Waals surface area contributed by atoms with Crippen LogP contribution in [0, 0.1) is 0 Å². The highest BCUT2D eigenvalue weighted by Gasteiger charge is 2.10. The zero-order valence-corrected chi connectivity index (χ0v) is 9.73. The molecule has 0 amide bonds. The summed E-state index contributed by atoms with van der Waals surface area (Å²) in [5.74, 6) is -0.972. The molecule has 0 fully saturated rings. The molecule has 0 aliphatic carbocycles. The molecule has 2 N–H and O–H groups in total. The van der Waals surface area contributed by atoms with E-state index in [4.69, 9.17) is 9.52 Å². The highest BCUT2D eigenvalue weighted by molar-refractivity contribution is 5.92. The summed E-state index contributed by atoms with van der Waals surface area (Å²) < 4.78 is 5.45. The minimum absolute atomic E-state index is 0.198. The van der Waals surface area contributed by atoms with Crippen molar-refractivity contribution in [3.05, 3.63) is 23.8 Å². The summed E-state index contributed by atoms with van der Waals surface area (Å²) in [6, 6.07) is 5.33. The fourth-order valence-corrected chi connectivity index (χ4v) is 1.43. The molecule has 0 aliphatic rings. The van der Waals surface area contributed by atoms with Crippen LogP contribution in [0.5, 0.6) is 0 Å². The van der Waals surface area contributed by atoms with Gasteiger partial charge in [-0.3, -0.25) is 0 Å². The van der Waals surface area contributed by atoms with Crippen molar-refractivity contribution in [2.45, 2.75) is 26.3 Å². The van der Waals surface area contributed by atoms with Crippen LogP contribution in [0.2, 0.25) is 0 Å². The summed E-state index contributed by atoms with van der Waals surface area (Å²) in [5, 5.41) is 12.0. The normalized spacial score (nSPS) is 12.6. The summed E-state index contributed by atoms with van der Waals surface area (Å²) in [4.78, 5) is 15.0. The molecule has 2 aromatic rings. The van der Waals surface area contributed by atoms with Crippen molar-refractivity contribution >= 4 is 23.1 Å². The van der Waals surface area contributed by atoms with Gasteiger partial charge in [0.15, 0.2) is 5.58 Å². The first kappa shape index (κ1) is 11.4. The van der Waals surface area contributed by atoms with Crippen LogP contribution >= 0.6 is 0 Å². The molecule has 2 rings (SSSR count). The Morgan fingerprint density at radius 3 is 3.00 bits per heavy atom. The van der Waals surface area contributed by atoms with Gasteiger partial charge in [-0.25, -0.2) is 4.79 Å². The summed E-state index contributed by atoms with van der Waals surface area (Å²) in [6.07, 6.45) is 0.957. The predicted octanol–water partition coefficient (Wildman–Crippen LogP) is 2.74. The lowest BCUT2D eigenvalue weighted by Crippen LogP contribution is -2.13. The van der Waals surface area contributed by atoms with Gasteiger partial charge in [0.1, 0.15) is 5.52 Å². The Morgan fingerprint density at radius 2 is 2.35 bits per heavy atom. The first-order chi connectivity index (χ1) is 8.10. The Bertz CT molecular complexity index is 548. The van der Waals surface area contributed by atoms with Crippen LogP contribution in [0.15, 0.2) is 22.6 Å². The molecule has 17 heavy (non-hydrogen) atoms. The summed E-state index contributed by atoms with van der Waals surface area (Å²) in [6.45, 7) is 4.08. The third kappa shape index (κ3) is 2.38. The minimum atomic E-state index is -0.972. The van der Waals surface area contributed by atoms with Crippen LogP contribution in [-0.2, 0) is 0 Å². The molecular formula is C12H14N2O3. The van der Waals surface area contributed by atoms with Crippen LogP contribution in [0.4, 0.5) is 6.01 Å². The average Bonchev–Trinajstić information content (AvgIpc) is 2.69. The number of carbonyl (C=O) groups is 1. The molecule has 0 spiro atoms. The largest absolute Gasteiger partial charge is 0.478 e. The molecular weight excluding hydrogens is 220 g/mol. The van der Waals surface area contributed by atoms with E-state index in [1.54, 1.807) is 6.07 Å². The fraction of sp³-hybridized carbons (Fsp3) is 0.333. The molecule has 0 bridgehead atoms. The topological polar surface area (TPSA) is 75.4 Å². The van der Waals surface area contributed by atoms with Crippen molar-refractivity contribution in [1.29, 1.82) is 0 Å². The van der Waals surface area contributed by atoms with Gasteiger partial charge in [0.05, 0.1) is 5.56 Å². The lowest BCUT2D eigenvalue weighted by atomic mass is 10.2. The van der Waals surface area contributed by atoms with E-state index >= 15 is 0 Å². The SMILES string of the molecule is CCC(C)Nc1nc2ccc(C(=O)O)cc2o1. The summed E-state index contributed by atoms with van der Waals surface area (Å²) in [7, 11) is 0. The number of anilines is 1. The number of nitrogens with one attached hydrogen (secondary N) is 1. The highest BCUT2D eigenvalue weighted by atomic mass is 16.4.